The van der Waals surface area contributed by atoms with Crippen LogP contribution in [0.2, 0.25) is 0 Å². The van der Waals surface area contributed by atoms with Gasteiger partial charge in [-0.05, 0) is 68.1 Å². The summed E-state index contributed by atoms with van der Waals surface area (Å²) >= 11 is 2.04. The van der Waals surface area contributed by atoms with Gasteiger partial charge in [0.25, 0.3) is 0 Å². The Hall–Kier alpha value is -0.690. The highest BCUT2D eigenvalue weighted by atomic mass is 32.2. The second-order valence-electron chi connectivity index (χ2n) is 8.39. The Morgan fingerprint density at radius 1 is 0.960 bits per heavy atom. The van der Waals surface area contributed by atoms with Crippen LogP contribution in [0.1, 0.15) is 97.0 Å². The van der Waals surface area contributed by atoms with Gasteiger partial charge >= 0.3 is 0 Å². The van der Waals surface area contributed by atoms with E-state index in [1.54, 1.807) is 0 Å². The van der Waals surface area contributed by atoms with Gasteiger partial charge in [-0.3, -0.25) is 0 Å². The molecule has 0 radical (unpaired) electrons. The Morgan fingerprint density at radius 2 is 1.64 bits per heavy atom. The van der Waals surface area contributed by atoms with Crippen LogP contribution in [0.3, 0.4) is 0 Å². The molecule has 0 amide bonds. The summed E-state index contributed by atoms with van der Waals surface area (Å²) in [5.74, 6) is 1.50. The van der Waals surface area contributed by atoms with Crippen LogP contribution in [-0.4, -0.2) is 4.75 Å². The summed E-state index contributed by atoms with van der Waals surface area (Å²) in [5, 5.41) is 0. The maximum Gasteiger partial charge on any atom is 0.0151 e. The lowest BCUT2D eigenvalue weighted by Crippen LogP contribution is -2.14. The third-order valence-electron chi connectivity index (χ3n) is 5.79. The summed E-state index contributed by atoms with van der Waals surface area (Å²) in [7, 11) is 0. The van der Waals surface area contributed by atoms with Gasteiger partial charge in [0.05, 0.1) is 0 Å². The molecule has 0 saturated carbocycles. The van der Waals surface area contributed by atoms with Crippen molar-refractivity contribution in [2.75, 3.05) is 0 Å². The molecule has 0 N–H and O–H groups in total. The van der Waals surface area contributed by atoms with Gasteiger partial charge in [0.15, 0.2) is 0 Å². The average Bonchev–Trinajstić information content (AvgIpc) is 2.59. The fraction of sp³-hybridized carbons (Fsp3) is 0.667. The second kappa shape index (κ2) is 10.5. The molecule has 0 saturated heterocycles. The maximum atomic E-state index is 2.43. The minimum Gasteiger partial charge on any atom is -0.120 e. The smallest absolute Gasteiger partial charge is 0.0151 e. The van der Waals surface area contributed by atoms with Gasteiger partial charge in [-0.25, -0.2) is 0 Å². The summed E-state index contributed by atoms with van der Waals surface area (Å²) in [6.07, 6.45) is 16.7. The Balaban J connectivity index is 2.11. The van der Waals surface area contributed by atoms with Crippen LogP contribution in [0, 0.1) is 5.92 Å². The standard InChI is InChI=1S/C24H38S/c1-5-21-14-12-10-8-6-7-9-11-13-19-24(3,4)25-23-17-15-22(16-18-23)20(21)2/h7,9,15-18,20-21H,5-6,8,10-14,19H2,1-4H3/b9-7-. The molecule has 2 unspecified atom stereocenters. The molecular formula is C24H38S. The zero-order valence-electron chi connectivity index (χ0n) is 16.9. The lowest BCUT2D eigenvalue weighted by molar-refractivity contribution is 0.384. The molecule has 25 heavy (non-hydrogen) atoms. The average molecular weight is 359 g/mol. The minimum absolute atomic E-state index is 0.318. The fourth-order valence-corrected chi connectivity index (χ4v) is 5.17. The quantitative estimate of drug-likeness (QED) is 0.454. The molecule has 1 aromatic rings. The van der Waals surface area contributed by atoms with E-state index in [4.69, 9.17) is 0 Å². The van der Waals surface area contributed by atoms with E-state index in [1.165, 1.54) is 68.2 Å². The third-order valence-corrected chi connectivity index (χ3v) is 7.06. The highest BCUT2D eigenvalue weighted by molar-refractivity contribution is 8.00. The third kappa shape index (κ3) is 7.21. The second-order valence-corrected chi connectivity index (χ2v) is 10.2. The monoisotopic (exact) mass is 358 g/mol. The van der Waals surface area contributed by atoms with Gasteiger partial charge in [0, 0.05) is 9.64 Å². The van der Waals surface area contributed by atoms with Crippen LogP contribution in [0.25, 0.3) is 0 Å². The summed E-state index contributed by atoms with van der Waals surface area (Å²) < 4.78 is 0.318. The van der Waals surface area contributed by atoms with E-state index >= 15 is 0 Å². The van der Waals surface area contributed by atoms with Crippen LogP contribution in [0.4, 0.5) is 0 Å². The van der Waals surface area contributed by atoms with Crippen molar-refractivity contribution < 1.29 is 0 Å². The number of hydrogen-bond donors (Lipinski definition) is 0. The molecule has 0 fully saturated rings. The van der Waals surface area contributed by atoms with Crippen molar-refractivity contribution in [2.24, 2.45) is 5.92 Å². The van der Waals surface area contributed by atoms with Gasteiger partial charge in [0.1, 0.15) is 0 Å². The van der Waals surface area contributed by atoms with E-state index < -0.39 is 0 Å². The molecule has 0 aliphatic carbocycles. The predicted molar refractivity (Wildman–Crippen MR) is 115 cm³/mol. The molecule has 2 bridgehead atoms. The van der Waals surface area contributed by atoms with Crippen LogP contribution in [0.15, 0.2) is 41.3 Å². The Bertz CT molecular complexity index is 511. The molecule has 0 spiro atoms. The van der Waals surface area contributed by atoms with Crippen molar-refractivity contribution in [3.05, 3.63) is 42.0 Å². The van der Waals surface area contributed by atoms with Crippen molar-refractivity contribution in [2.45, 2.75) is 101 Å². The number of fused-ring (bicyclic) bond motifs is 14. The Kier molecular flexibility index (Phi) is 8.62. The summed E-state index contributed by atoms with van der Waals surface area (Å²) in [6, 6.07) is 9.48. The zero-order valence-corrected chi connectivity index (χ0v) is 17.7. The van der Waals surface area contributed by atoms with Crippen molar-refractivity contribution in [3.63, 3.8) is 0 Å². The molecule has 1 heteroatoms. The van der Waals surface area contributed by atoms with Gasteiger partial charge in [-0.15, -0.1) is 11.8 Å². The lowest BCUT2D eigenvalue weighted by Gasteiger charge is -2.25. The van der Waals surface area contributed by atoms with Crippen molar-refractivity contribution >= 4 is 11.8 Å². The first-order chi connectivity index (χ1) is 12.0. The Labute approximate surface area is 160 Å². The molecular weight excluding hydrogens is 320 g/mol. The summed E-state index contributed by atoms with van der Waals surface area (Å²) in [4.78, 5) is 1.42. The number of rotatable bonds is 1. The van der Waals surface area contributed by atoms with E-state index in [0.717, 1.165) is 5.92 Å². The predicted octanol–water partition coefficient (Wildman–Crippen LogP) is 8.38. The minimum atomic E-state index is 0.318. The normalized spacial score (nSPS) is 27.4. The molecule has 1 aromatic carbocycles. The lowest BCUT2D eigenvalue weighted by atomic mass is 9.82. The van der Waals surface area contributed by atoms with Crippen LogP contribution >= 0.6 is 11.8 Å². The molecule has 0 aromatic heterocycles. The number of hydrogen-bond acceptors (Lipinski definition) is 1. The van der Waals surface area contributed by atoms with Crippen LogP contribution < -0.4 is 0 Å². The van der Waals surface area contributed by atoms with Crippen LogP contribution in [-0.2, 0) is 0 Å². The molecule has 2 aliphatic rings. The van der Waals surface area contributed by atoms with Gasteiger partial charge in [-0.1, -0.05) is 71.2 Å². The number of allylic oxidation sites excluding steroid dienone is 2. The number of thioether (sulfide) groups is 1. The van der Waals surface area contributed by atoms with Gasteiger partial charge in [0.2, 0.25) is 0 Å². The van der Waals surface area contributed by atoms with Crippen molar-refractivity contribution in [1.29, 1.82) is 0 Å². The van der Waals surface area contributed by atoms with Gasteiger partial charge < -0.3 is 0 Å². The molecule has 2 aliphatic heterocycles. The van der Waals surface area contributed by atoms with Crippen LogP contribution in [0.5, 0.6) is 0 Å². The molecule has 2 heterocycles. The van der Waals surface area contributed by atoms with Crippen molar-refractivity contribution in [3.8, 4) is 0 Å². The highest BCUT2D eigenvalue weighted by Gasteiger charge is 2.20. The Morgan fingerprint density at radius 3 is 2.32 bits per heavy atom. The van der Waals surface area contributed by atoms with Gasteiger partial charge in [-0.2, -0.15) is 0 Å². The first kappa shape index (κ1) is 20.6. The maximum absolute atomic E-state index is 2.43. The van der Waals surface area contributed by atoms with E-state index in [0.29, 0.717) is 10.7 Å². The van der Waals surface area contributed by atoms with E-state index in [9.17, 15) is 0 Å². The first-order valence-electron chi connectivity index (χ1n) is 10.5. The van der Waals surface area contributed by atoms with Crippen molar-refractivity contribution in [1.82, 2.24) is 0 Å². The largest absolute Gasteiger partial charge is 0.120 e. The fourth-order valence-electron chi connectivity index (χ4n) is 4.02. The molecule has 3 rings (SSSR count). The summed E-state index contributed by atoms with van der Waals surface area (Å²) in [5.41, 5.74) is 1.53. The summed E-state index contributed by atoms with van der Waals surface area (Å²) in [6.45, 7) is 9.58. The molecule has 0 nitrogen and oxygen atoms in total. The highest BCUT2D eigenvalue weighted by Crippen LogP contribution is 2.38. The first-order valence-corrected chi connectivity index (χ1v) is 11.3. The zero-order chi connectivity index (χ0) is 18.1. The van der Waals surface area contributed by atoms with E-state index in [-0.39, 0.29) is 0 Å². The molecule has 140 valence electrons. The SMILES string of the molecule is CCC1CCCCC/C=C\CCCC(C)(C)Sc2ccc(cc2)C1C. The van der Waals surface area contributed by atoms with E-state index in [2.05, 4.69) is 64.1 Å². The van der Waals surface area contributed by atoms with E-state index in [1.807, 2.05) is 11.8 Å². The topological polar surface area (TPSA) is 0 Å². The number of benzene rings is 1. The molecule has 2 atom stereocenters.